The van der Waals surface area contributed by atoms with Crippen LogP contribution in [0.25, 0.3) is 0 Å². The number of thioether (sulfide) groups is 1. The van der Waals surface area contributed by atoms with Gasteiger partial charge in [-0.05, 0) is 31.4 Å². The van der Waals surface area contributed by atoms with E-state index in [1.807, 2.05) is 30.4 Å². The van der Waals surface area contributed by atoms with Gasteiger partial charge < -0.3 is 5.73 Å². The molecule has 0 amide bonds. The number of aryl methyl sites for hydroxylation is 2. The highest BCUT2D eigenvalue weighted by molar-refractivity contribution is 7.98. The van der Waals surface area contributed by atoms with Crippen LogP contribution in [-0.4, -0.2) is 27.8 Å². The zero-order valence-corrected chi connectivity index (χ0v) is 9.97. The smallest absolute Gasteiger partial charge is 0.0596 e. The SMILES string of the molecule is CSCCC(N)Cc1cc(C)nn1C. The third-order valence-corrected chi connectivity index (χ3v) is 2.91. The molecule has 0 fully saturated rings. The lowest BCUT2D eigenvalue weighted by molar-refractivity contribution is 0.605. The van der Waals surface area contributed by atoms with Crippen LogP contribution < -0.4 is 5.73 Å². The minimum Gasteiger partial charge on any atom is -0.327 e. The normalized spacial score (nSPS) is 13.1. The lowest BCUT2D eigenvalue weighted by atomic mass is 10.1. The summed E-state index contributed by atoms with van der Waals surface area (Å²) in [6.45, 7) is 2.01. The Bertz CT molecular complexity index is 283. The van der Waals surface area contributed by atoms with Gasteiger partial charge >= 0.3 is 0 Å². The van der Waals surface area contributed by atoms with E-state index in [0.29, 0.717) is 0 Å². The molecule has 0 radical (unpaired) electrons. The quantitative estimate of drug-likeness (QED) is 0.803. The summed E-state index contributed by atoms with van der Waals surface area (Å²) in [6, 6.07) is 2.37. The Morgan fingerprint density at radius 1 is 1.64 bits per heavy atom. The number of aromatic nitrogens is 2. The van der Waals surface area contributed by atoms with Gasteiger partial charge in [-0.3, -0.25) is 4.68 Å². The largest absolute Gasteiger partial charge is 0.327 e. The van der Waals surface area contributed by atoms with Crippen molar-refractivity contribution in [3.63, 3.8) is 0 Å². The van der Waals surface area contributed by atoms with Crippen LogP contribution in [0.4, 0.5) is 0 Å². The van der Waals surface area contributed by atoms with Crippen LogP contribution in [0.1, 0.15) is 17.8 Å². The lowest BCUT2D eigenvalue weighted by Gasteiger charge is -2.10. The van der Waals surface area contributed by atoms with E-state index < -0.39 is 0 Å². The molecular formula is C10H19N3S. The first-order valence-electron chi connectivity index (χ1n) is 4.87. The highest BCUT2D eigenvalue weighted by Crippen LogP contribution is 2.07. The van der Waals surface area contributed by atoms with Gasteiger partial charge in [0.2, 0.25) is 0 Å². The van der Waals surface area contributed by atoms with Gasteiger partial charge in [-0.2, -0.15) is 16.9 Å². The Balaban J connectivity index is 2.47. The summed E-state index contributed by atoms with van der Waals surface area (Å²) in [5.41, 5.74) is 8.32. The van der Waals surface area contributed by atoms with Crippen molar-refractivity contribution in [1.82, 2.24) is 9.78 Å². The Kier molecular flexibility index (Phi) is 4.48. The molecule has 3 nitrogen and oxygen atoms in total. The molecule has 0 saturated heterocycles. The van der Waals surface area contributed by atoms with Gasteiger partial charge in [0.15, 0.2) is 0 Å². The Hall–Kier alpha value is -0.480. The van der Waals surface area contributed by atoms with Crippen molar-refractivity contribution in [2.75, 3.05) is 12.0 Å². The second-order valence-corrected chi connectivity index (χ2v) is 4.63. The van der Waals surface area contributed by atoms with Gasteiger partial charge in [-0.15, -0.1) is 0 Å². The molecule has 1 aromatic rings. The topological polar surface area (TPSA) is 43.8 Å². The number of nitrogens with two attached hydrogens (primary N) is 1. The number of nitrogens with zero attached hydrogens (tertiary/aromatic N) is 2. The Labute approximate surface area is 90.1 Å². The molecular weight excluding hydrogens is 194 g/mol. The lowest BCUT2D eigenvalue weighted by Crippen LogP contribution is -2.24. The molecule has 14 heavy (non-hydrogen) atoms. The zero-order chi connectivity index (χ0) is 10.6. The van der Waals surface area contributed by atoms with E-state index in [9.17, 15) is 0 Å². The molecule has 1 atom stereocenters. The predicted molar refractivity (Wildman–Crippen MR) is 62.6 cm³/mol. The molecule has 0 aliphatic carbocycles. The molecule has 80 valence electrons. The highest BCUT2D eigenvalue weighted by Gasteiger charge is 2.07. The van der Waals surface area contributed by atoms with E-state index in [0.717, 1.165) is 24.3 Å². The highest BCUT2D eigenvalue weighted by atomic mass is 32.2. The van der Waals surface area contributed by atoms with Crippen LogP contribution in [0.2, 0.25) is 0 Å². The van der Waals surface area contributed by atoms with Crippen molar-refractivity contribution in [1.29, 1.82) is 0 Å². The first-order chi connectivity index (χ1) is 6.63. The van der Waals surface area contributed by atoms with Crippen molar-refractivity contribution < 1.29 is 0 Å². The van der Waals surface area contributed by atoms with Crippen molar-refractivity contribution in [3.05, 3.63) is 17.5 Å². The average molecular weight is 213 g/mol. The second kappa shape index (κ2) is 5.41. The Morgan fingerprint density at radius 2 is 2.36 bits per heavy atom. The van der Waals surface area contributed by atoms with Crippen LogP contribution in [0.3, 0.4) is 0 Å². The van der Waals surface area contributed by atoms with Crippen LogP contribution >= 0.6 is 11.8 Å². The summed E-state index contributed by atoms with van der Waals surface area (Å²) in [7, 11) is 1.98. The fourth-order valence-electron chi connectivity index (χ4n) is 1.50. The molecule has 0 bridgehead atoms. The molecule has 0 aromatic carbocycles. The summed E-state index contributed by atoms with van der Waals surface area (Å²) in [5.74, 6) is 1.14. The van der Waals surface area contributed by atoms with Crippen LogP contribution in [-0.2, 0) is 13.5 Å². The van der Waals surface area contributed by atoms with E-state index in [2.05, 4.69) is 17.4 Å². The van der Waals surface area contributed by atoms with Gasteiger partial charge in [0.1, 0.15) is 0 Å². The molecule has 1 aromatic heterocycles. The van der Waals surface area contributed by atoms with E-state index >= 15 is 0 Å². The third kappa shape index (κ3) is 3.35. The summed E-state index contributed by atoms with van der Waals surface area (Å²) in [6.07, 6.45) is 4.12. The van der Waals surface area contributed by atoms with Crippen LogP contribution in [0.5, 0.6) is 0 Å². The molecule has 0 aliphatic rings. The van der Waals surface area contributed by atoms with Gasteiger partial charge in [0.05, 0.1) is 5.69 Å². The van der Waals surface area contributed by atoms with Gasteiger partial charge in [-0.25, -0.2) is 0 Å². The number of hydrogen-bond acceptors (Lipinski definition) is 3. The molecule has 0 spiro atoms. The maximum Gasteiger partial charge on any atom is 0.0596 e. The molecule has 1 unspecified atom stereocenters. The molecule has 0 aliphatic heterocycles. The minimum atomic E-state index is 0.261. The number of rotatable bonds is 5. The monoisotopic (exact) mass is 213 g/mol. The first-order valence-corrected chi connectivity index (χ1v) is 6.27. The first kappa shape index (κ1) is 11.6. The minimum absolute atomic E-state index is 0.261. The maximum atomic E-state index is 6.02. The molecule has 4 heteroatoms. The van der Waals surface area contributed by atoms with Gasteiger partial charge in [-0.1, -0.05) is 0 Å². The van der Waals surface area contributed by atoms with Crippen molar-refractivity contribution >= 4 is 11.8 Å². The van der Waals surface area contributed by atoms with Crippen LogP contribution in [0.15, 0.2) is 6.07 Å². The summed E-state index contributed by atoms with van der Waals surface area (Å²) in [5, 5.41) is 4.30. The van der Waals surface area contributed by atoms with E-state index in [1.165, 1.54) is 5.69 Å². The fourth-order valence-corrected chi connectivity index (χ4v) is 2.03. The van der Waals surface area contributed by atoms with E-state index in [4.69, 9.17) is 5.73 Å². The molecule has 1 rings (SSSR count). The van der Waals surface area contributed by atoms with Crippen molar-refractivity contribution in [3.8, 4) is 0 Å². The summed E-state index contributed by atoms with van der Waals surface area (Å²) >= 11 is 1.85. The zero-order valence-electron chi connectivity index (χ0n) is 9.16. The van der Waals surface area contributed by atoms with Gasteiger partial charge in [0.25, 0.3) is 0 Å². The van der Waals surface area contributed by atoms with Crippen molar-refractivity contribution in [2.45, 2.75) is 25.8 Å². The third-order valence-electron chi connectivity index (χ3n) is 2.26. The molecule has 2 N–H and O–H groups in total. The van der Waals surface area contributed by atoms with E-state index in [1.54, 1.807) is 0 Å². The van der Waals surface area contributed by atoms with Crippen molar-refractivity contribution in [2.24, 2.45) is 12.8 Å². The number of hydrogen-bond donors (Lipinski definition) is 1. The predicted octanol–water partition coefficient (Wildman–Crippen LogP) is 1.35. The summed E-state index contributed by atoms with van der Waals surface area (Å²) in [4.78, 5) is 0. The second-order valence-electron chi connectivity index (χ2n) is 3.65. The maximum absolute atomic E-state index is 6.02. The molecule has 1 heterocycles. The average Bonchev–Trinajstić information content (AvgIpc) is 2.42. The van der Waals surface area contributed by atoms with E-state index in [-0.39, 0.29) is 6.04 Å². The Morgan fingerprint density at radius 3 is 2.86 bits per heavy atom. The van der Waals surface area contributed by atoms with Crippen LogP contribution in [0, 0.1) is 6.92 Å². The fraction of sp³-hybridized carbons (Fsp3) is 0.700. The molecule has 0 saturated carbocycles. The van der Waals surface area contributed by atoms with Gasteiger partial charge in [0, 0.05) is 25.2 Å². The summed E-state index contributed by atoms with van der Waals surface area (Å²) < 4.78 is 1.92. The standard InChI is InChI=1S/C10H19N3S/c1-8-6-10(13(2)12-8)7-9(11)4-5-14-3/h6,9H,4-5,7,11H2,1-3H3.